The SMILES string of the molecule is CC(C)C1C(=O)NC(C)(C2CC2)C(=O)N1C1(C)CCOC1. The Morgan fingerprint density at radius 3 is 2.43 bits per heavy atom. The molecule has 3 aliphatic rings. The average molecular weight is 294 g/mol. The maximum absolute atomic E-state index is 13.2. The fraction of sp³-hybridized carbons (Fsp3) is 0.875. The van der Waals surface area contributed by atoms with Crippen molar-refractivity contribution in [3.8, 4) is 0 Å². The summed E-state index contributed by atoms with van der Waals surface area (Å²) in [5.74, 6) is 0.453. The second kappa shape index (κ2) is 4.70. The lowest BCUT2D eigenvalue weighted by molar-refractivity contribution is -0.165. The summed E-state index contributed by atoms with van der Waals surface area (Å²) < 4.78 is 5.54. The number of nitrogens with zero attached hydrogens (tertiary/aromatic N) is 1. The van der Waals surface area contributed by atoms with Gasteiger partial charge in [-0.3, -0.25) is 9.59 Å². The van der Waals surface area contributed by atoms with Crippen molar-refractivity contribution >= 4 is 11.8 Å². The Balaban J connectivity index is 2.00. The predicted molar refractivity (Wildman–Crippen MR) is 78.6 cm³/mol. The first-order valence-corrected chi connectivity index (χ1v) is 8.03. The molecule has 0 aromatic heterocycles. The van der Waals surface area contributed by atoms with Gasteiger partial charge in [0, 0.05) is 6.61 Å². The topological polar surface area (TPSA) is 58.6 Å². The number of carbonyl (C=O) groups is 2. The van der Waals surface area contributed by atoms with Crippen LogP contribution in [0.2, 0.25) is 0 Å². The smallest absolute Gasteiger partial charge is 0.249 e. The van der Waals surface area contributed by atoms with Gasteiger partial charge >= 0.3 is 0 Å². The number of amides is 2. The number of rotatable bonds is 3. The van der Waals surface area contributed by atoms with E-state index in [4.69, 9.17) is 4.74 Å². The molecule has 1 aliphatic carbocycles. The molecule has 5 nitrogen and oxygen atoms in total. The van der Waals surface area contributed by atoms with Gasteiger partial charge in [0.2, 0.25) is 11.8 Å². The van der Waals surface area contributed by atoms with Gasteiger partial charge in [0.1, 0.15) is 11.6 Å². The van der Waals surface area contributed by atoms with Crippen molar-refractivity contribution in [3.63, 3.8) is 0 Å². The lowest BCUT2D eigenvalue weighted by atomic mass is 9.82. The summed E-state index contributed by atoms with van der Waals surface area (Å²) >= 11 is 0. The van der Waals surface area contributed by atoms with E-state index in [0.29, 0.717) is 13.2 Å². The summed E-state index contributed by atoms with van der Waals surface area (Å²) in [5, 5.41) is 3.04. The van der Waals surface area contributed by atoms with Gasteiger partial charge < -0.3 is 15.0 Å². The molecule has 0 aromatic carbocycles. The Morgan fingerprint density at radius 2 is 1.95 bits per heavy atom. The van der Waals surface area contributed by atoms with E-state index in [1.807, 2.05) is 25.7 Å². The highest BCUT2D eigenvalue weighted by Crippen LogP contribution is 2.45. The van der Waals surface area contributed by atoms with Gasteiger partial charge in [-0.15, -0.1) is 0 Å². The molecule has 2 saturated heterocycles. The van der Waals surface area contributed by atoms with E-state index in [2.05, 4.69) is 12.2 Å². The molecule has 2 aliphatic heterocycles. The average Bonchev–Trinajstić information content (AvgIpc) is 3.16. The maximum Gasteiger partial charge on any atom is 0.249 e. The molecule has 3 rings (SSSR count). The minimum Gasteiger partial charge on any atom is -0.379 e. The number of nitrogens with one attached hydrogen (secondary N) is 1. The maximum atomic E-state index is 13.2. The Morgan fingerprint density at radius 1 is 1.29 bits per heavy atom. The van der Waals surface area contributed by atoms with Crippen LogP contribution in [0.15, 0.2) is 0 Å². The van der Waals surface area contributed by atoms with Gasteiger partial charge in [-0.25, -0.2) is 0 Å². The highest BCUT2D eigenvalue weighted by Gasteiger charge is 2.59. The zero-order valence-electron chi connectivity index (χ0n) is 13.4. The molecule has 1 N–H and O–H groups in total. The molecule has 118 valence electrons. The Kier molecular flexibility index (Phi) is 3.32. The van der Waals surface area contributed by atoms with Crippen LogP contribution in [0.4, 0.5) is 0 Å². The van der Waals surface area contributed by atoms with Gasteiger partial charge in [0.25, 0.3) is 0 Å². The van der Waals surface area contributed by atoms with Gasteiger partial charge in [-0.05, 0) is 44.9 Å². The highest BCUT2D eigenvalue weighted by atomic mass is 16.5. The second-order valence-electron chi connectivity index (χ2n) is 7.63. The summed E-state index contributed by atoms with van der Waals surface area (Å²) in [6, 6.07) is -0.393. The standard InChI is InChI=1S/C16H26N2O3/c1-10(2)12-13(19)17-16(4,11-5-6-11)14(20)18(12)15(3)7-8-21-9-15/h10-12H,5-9H2,1-4H3,(H,17,19). The summed E-state index contributed by atoms with van der Waals surface area (Å²) in [5.41, 5.74) is -1.09. The van der Waals surface area contributed by atoms with Crippen LogP contribution in [-0.4, -0.2) is 47.0 Å². The van der Waals surface area contributed by atoms with Crippen LogP contribution in [0, 0.1) is 11.8 Å². The Bertz CT molecular complexity index is 466. The van der Waals surface area contributed by atoms with Crippen LogP contribution < -0.4 is 5.32 Å². The largest absolute Gasteiger partial charge is 0.379 e. The van der Waals surface area contributed by atoms with Crippen LogP contribution in [0.1, 0.15) is 47.0 Å². The third-order valence-corrected chi connectivity index (χ3v) is 5.40. The molecule has 0 aromatic rings. The number of hydrogen-bond acceptors (Lipinski definition) is 3. The minimum absolute atomic E-state index is 0.00729. The van der Waals surface area contributed by atoms with E-state index in [1.54, 1.807) is 0 Å². The van der Waals surface area contributed by atoms with Crippen LogP contribution in [0.5, 0.6) is 0 Å². The first-order valence-electron chi connectivity index (χ1n) is 8.03. The Labute approximate surface area is 126 Å². The zero-order chi connectivity index (χ0) is 15.4. The van der Waals surface area contributed by atoms with Gasteiger partial charge in [0.05, 0.1) is 12.1 Å². The second-order valence-corrected chi connectivity index (χ2v) is 7.63. The molecule has 2 amide bonds. The van der Waals surface area contributed by atoms with E-state index in [0.717, 1.165) is 19.3 Å². The lowest BCUT2D eigenvalue weighted by Gasteiger charge is -2.52. The molecule has 21 heavy (non-hydrogen) atoms. The van der Waals surface area contributed by atoms with Gasteiger partial charge in [-0.2, -0.15) is 0 Å². The molecule has 5 heteroatoms. The predicted octanol–water partition coefficient (Wildman–Crippen LogP) is 1.32. The van der Waals surface area contributed by atoms with Gasteiger partial charge in [-0.1, -0.05) is 13.8 Å². The quantitative estimate of drug-likeness (QED) is 0.854. The van der Waals surface area contributed by atoms with Crippen molar-refractivity contribution in [2.45, 2.75) is 64.1 Å². The van der Waals surface area contributed by atoms with E-state index in [1.165, 1.54) is 0 Å². The monoisotopic (exact) mass is 294 g/mol. The van der Waals surface area contributed by atoms with Crippen molar-refractivity contribution in [1.82, 2.24) is 10.2 Å². The molecule has 2 heterocycles. The van der Waals surface area contributed by atoms with Crippen molar-refractivity contribution in [2.75, 3.05) is 13.2 Å². The van der Waals surface area contributed by atoms with E-state index in [-0.39, 0.29) is 29.2 Å². The first-order chi connectivity index (χ1) is 9.79. The fourth-order valence-corrected chi connectivity index (χ4v) is 3.84. The molecule has 0 bridgehead atoms. The third kappa shape index (κ3) is 2.17. The van der Waals surface area contributed by atoms with Crippen molar-refractivity contribution in [3.05, 3.63) is 0 Å². The van der Waals surface area contributed by atoms with E-state index < -0.39 is 11.6 Å². The normalized spacial score (nSPS) is 40.8. The molecule has 3 fully saturated rings. The number of piperazine rings is 1. The van der Waals surface area contributed by atoms with Crippen LogP contribution in [0.25, 0.3) is 0 Å². The highest BCUT2D eigenvalue weighted by molar-refractivity contribution is 6.00. The molecular formula is C16H26N2O3. The lowest BCUT2D eigenvalue weighted by Crippen LogP contribution is -2.75. The van der Waals surface area contributed by atoms with Crippen molar-refractivity contribution < 1.29 is 14.3 Å². The number of carbonyl (C=O) groups excluding carboxylic acids is 2. The molecule has 0 radical (unpaired) electrons. The van der Waals surface area contributed by atoms with Crippen LogP contribution in [-0.2, 0) is 14.3 Å². The molecule has 0 spiro atoms. The summed E-state index contributed by atoms with van der Waals surface area (Å²) in [7, 11) is 0. The minimum atomic E-state index is -0.728. The van der Waals surface area contributed by atoms with E-state index >= 15 is 0 Å². The van der Waals surface area contributed by atoms with Crippen LogP contribution in [0.3, 0.4) is 0 Å². The van der Waals surface area contributed by atoms with Crippen molar-refractivity contribution in [2.24, 2.45) is 11.8 Å². The van der Waals surface area contributed by atoms with E-state index in [9.17, 15) is 9.59 Å². The molecule has 3 atom stereocenters. The molecule has 1 saturated carbocycles. The van der Waals surface area contributed by atoms with Gasteiger partial charge in [0.15, 0.2) is 0 Å². The van der Waals surface area contributed by atoms with Crippen LogP contribution >= 0.6 is 0 Å². The number of ether oxygens (including phenoxy) is 1. The number of hydrogen-bond donors (Lipinski definition) is 1. The first kappa shape index (κ1) is 14.8. The summed E-state index contributed by atoms with van der Waals surface area (Å²) in [4.78, 5) is 27.8. The summed E-state index contributed by atoms with van der Waals surface area (Å²) in [6.07, 6.45) is 2.85. The van der Waals surface area contributed by atoms with Crippen molar-refractivity contribution in [1.29, 1.82) is 0 Å². The Hall–Kier alpha value is -1.10. The molecular weight excluding hydrogens is 268 g/mol. The molecule has 3 unspecified atom stereocenters. The fourth-order valence-electron chi connectivity index (χ4n) is 3.84. The zero-order valence-corrected chi connectivity index (χ0v) is 13.4. The summed E-state index contributed by atoms with van der Waals surface area (Å²) in [6.45, 7) is 9.14. The third-order valence-electron chi connectivity index (χ3n) is 5.40.